The van der Waals surface area contributed by atoms with Gasteiger partial charge in [-0.1, -0.05) is 24.6 Å². The van der Waals surface area contributed by atoms with E-state index in [9.17, 15) is 4.79 Å². The highest BCUT2D eigenvalue weighted by Crippen LogP contribution is 2.27. The second-order valence-corrected chi connectivity index (χ2v) is 7.71. The summed E-state index contributed by atoms with van der Waals surface area (Å²) in [5.74, 6) is 1.70. The molecule has 0 aliphatic heterocycles. The van der Waals surface area contributed by atoms with E-state index in [-0.39, 0.29) is 5.91 Å². The average Bonchev–Trinajstić information content (AvgIpc) is 3.15. The van der Waals surface area contributed by atoms with E-state index in [2.05, 4.69) is 30.8 Å². The lowest BCUT2D eigenvalue weighted by Gasteiger charge is -2.10. The van der Waals surface area contributed by atoms with Crippen LogP contribution in [0, 0.1) is 6.92 Å². The highest BCUT2D eigenvalue weighted by molar-refractivity contribution is 7.99. The summed E-state index contributed by atoms with van der Waals surface area (Å²) in [6.45, 7) is 2.65. The first-order valence-corrected chi connectivity index (χ1v) is 10.5. The van der Waals surface area contributed by atoms with Crippen LogP contribution in [0.1, 0.15) is 31.4 Å². The number of benzene rings is 1. The number of H-pyrrole nitrogens is 1. The lowest BCUT2D eigenvalue weighted by molar-refractivity contribution is -0.129. The monoisotopic (exact) mass is 427 g/mol. The van der Waals surface area contributed by atoms with Gasteiger partial charge in [0.2, 0.25) is 5.91 Å². The van der Waals surface area contributed by atoms with Crippen molar-refractivity contribution >= 4 is 35.1 Å². The minimum atomic E-state index is -0.356. The number of aryl methyl sites for hydroxylation is 1. The third-order valence-corrected chi connectivity index (χ3v) is 5.00. The Bertz CT molecular complexity index is 949. The zero-order valence-electron chi connectivity index (χ0n) is 16.7. The molecule has 0 fully saturated rings. The van der Waals surface area contributed by atoms with Crippen LogP contribution >= 0.6 is 11.8 Å². The zero-order chi connectivity index (χ0) is 21.2. The molecule has 5 N–H and O–H groups in total. The minimum Gasteiger partial charge on any atom is -0.370 e. The first kappa shape index (κ1) is 21.6. The maximum atomic E-state index is 11.0. The van der Waals surface area contributed by atoms with Crippen LogP contribution in [-0.2, 0) is 4.79 Å². The molecular formula is C20H25N7O2S. The Hall–Kier alpha value is -3.11. The maximum Gasteiger partial charge on any atom is 0.243 e. The van der Waals surface area contributed by atoms with Gasteiger partial charge in [-0.25, -0.2) is 15.4 Å². The van der Waals surface area contributed by atoms with Gasteiger partial charge in [0.05, 0.1) is 0 Å². The Morgan fingerprint density at radius 3 is 2.60 bits per heavy atom. The Kier molecular flexibility index (Phi) is 8.04. The predicted molar refractivity (Wildman–Crippen MR) is 116 cm³/mol. The number of anilines is 3. The topological polar surface area (TPSA) is 128 Å². The van der Waals surface area contributed by atoms with Crippen LogP contribution in [-0.4, -0.2) is 37.8 Å². The summed E-state index contributed by atoms with van der Waals surface area (Å²) >= 11 is 1.49. The van der Waals surface area contributed by atoms with Crippen LogP contribution in [0.3, 0.4) is 0 Å². The molecule has 0 radical (unpaired) electrons. The smallest absolute Gasteiger partial charge is 0.243 e. The lowest BCUT2D eigenvalue weighted by atomic mass is 10.2. The van der Waals surface area contributed by atoms with Gasteiger partial charge in [-0.05, 0) is 43.7 Å². The van der Waals surface area contributed by atoms with Gasteiger partial charge in [-0.2, -0.15) is 5.10 Å². The fraction of sp³-hybridized carbons (Fsp3) is 0.300. The summed E-state index contributed by atoms with van der Waals surface area (Å²) in [4.78, 5) is 21.3. The Morgan fingerprint density at radius 2 is 1.87 bits per heavy atom. The van der Waals surface area contributed by atoms with Crippen molar-refractivity contribution < 1.29 is 10.0 Å². The van der Waals surface area contributed by atoms with Gasteiger partial charge in [-0.15, -0.1) is 0 Å². The normalized spacial score (nSPS) is 10.6. The van der Waals surface area contributed by atoms with Crippen molar-refractivity contribution in [2.24, 2.45) is 0 Å². The SMILES string of the molecule is Cc1cc(Nc2cc(NCCCCCC(=O)NO)nc(Sc3ccccc3)n2)n[nH]1. The van der Waals surface area contributed by atoms with E-state index in [0.29, 0.717) is 35.6 Å². The van der Waals surface area contributed by atoms with Gasteiger partial charge in [0.1, 0.15) is 11.6 Å². The Labute approximate surface area is 179 Å². The van der Waals surface area contributed by atoms with E-state index in [1.807, 2.05) is 49.4 Å². The highest BCUT2D eigenvalue weighted by atomic mass is 32.2. The summed E-state index contributed by atoms with van der Waals surface area (Å²) in [5, 5.41) is 22.8. The molecule has 2 aromatic heterocycles. The van der Waals surface area contributed by atoms with E-state index in [1.165, 1.54) is 11.8 Å². The number of hydroxylamine groups is 1. The summed E-state index contributed by atoms with van der Waals surface area (Å²) in [5.41, 5.74) is 2.60. The average molecular weight is 428 g/mol. The first-order valence-electron chi connectivity index (χ1n) is 9.70. The minimum absolute atomic E-state index is 0.318. The molecular weight excluding hydrogens is 402 g/mol. The van der Waals surface area contributed by atoms with Crippen molar-refractivity contribution in [3.8, 4) is 0 Å². The van der Waals surface area contributed by atoms with Crippen LogP contribution in [0.5, 0.6) is 0 Å². The van der Waals surface area contributed by atoms with Crippen molar-refractivity contribution in [3.05, 3.63) is 48.2 Å². The molecule has 2 heterocycles. The number of aromatic amines is 1. The summed E-state index contributed by atoms with van der Waals surface area (Å²) in [7, 11) is 0. The largest absolute Gasteiger partial charge is 0.370 e. The third kappa shape index (κ3) is 7.05. The molecule has 1 aromatic carbocycles. The van der Waals surface area contributed by atoms with Gasteiger partial charge in [0.25, 0.3) is 0 Å². The van der Waals surface area contributed by atoms with E-state index in [0.717, 1.165) is 29.9 Å². The van der Waals surface area contributed by atoms with Gasteiger partial charge in [0, 0.05) is 35.7 Å². The number of unbranched alkanes of at least 4 members (excludes halogenated alkanes) is 2. The zero-order valence-corrected chi connectivity index (χ0v) is 17.5. The van der Waals surface area contributed by atoms with Crippen LogP contribution in [0.4, 0.5) is 17.5 Å². The molecule has 1 amide bonds. The molecule has 9 nitrogen and oxygen atoms in total. The molecule has 3 aromatic rings. The fourth-order valence-corrected chi connectivity index (χ4v) is 3.48. The van der Waals surface area contributed by atoms with Crippen molar-refractivity contribution in [2.45, 2.75) is 42.7 Å². The number of amides is 1. The number of nitrogens with zero attached hydrogens (tertiary/aromatic N) is 3. The molecule has 0 saturated heterocycles. The van der Waals surface area contributed by atoms with Crippen LogP contribution in [0.15, 0.2) is 52.5 Å². The van der Waals surface area contributed by atoms with Crippen LogP contribution < -0.4 is 16.1 Å². The van der Waals surface area contributed by atoms with E-state index in [4.69, 9.17) is 5.21 Å². The van der Waals surface area contributed by atoms with Gasteiger partial charge in [-0.3, -0.25) is 15.1 Å². The highest BCUT2D eigenvalue weighted by Gasteiger charge is 2.08. The van der Waals surface area contributed by atoms with Crippen molar-refractivity contribution in [1.29, 1.82) is 0 Å². The van der Waals surface area contributed by atoms with E-state index >= 15 is 0 Å². The third-order valence-electron chi connectivity index (χ3n) is 4.13. The Balaban J connectivity index is 1.63. The van der Waals surface area contributed by atoms with Crippen molar-refractivity contribution in [3.63, 3.8) is 0 Å². The second-order valence-electron chi connectivity index (χ2n) is 6.67. The van der Waals surface area contributed by atoms with Gasteiger partial charge >= 0.3 is 0 Å². The van der Waals surface area contributed by atoms with Crippen LogP contribution in [0.2, 0.25) is 0 Å². The number of hydrogen-bond acceptors (Lipinski definition) is 8. The number of carbonyl (C=O) groups is 1. The second kappa shape index (κ2) is 11.2. The van der Waals surface area contributed by atoms with E-state index in [1.54, 1.807) is 5.48 Å². The van der Waals surface area contributed by atoms with Gasteiger partial charge in [0.15, 0.2) is 11.0 Å². The molecule has 10 heteroatoms. The number of aromatic nitrogens is 4. The molecule has 0 spiro atoms. The van der Waals surface area contributed by atoms with Crippen LogP contribution in [0.25, 0.3) is 0 Å². The number of nitrogens with one attached hydrogen (secondary N) is 4. The number of rotatable bonds is 11. The number of hydrogen-bond donors (Lipinski definition) is 5. The summed E-state index contributed by atoms with van der Waals surface area (Å²) < 4.78 is 0. The quantitative estimate of drug-likeness (QED) is 0.135. The number of carbonyl (C=O) groups excluding carboxylic acids is 1. The molecule has 158 valence electrons. The standard InChI is InChI=1S/C20H25N7O2S/c1-14-12-18(26-25-14)22-17-13-16(21-11-7-3-6-10-19(28)27-29)23-20(24-17)30-15-8-4-2-5-9-15/h2,4-5,8-9,12-13,29H,3,6-7,10-11H2,1H3,(H,27,28)(H3,21,22,23,24,25,26). The molecule has 0 atom stereocenters. The maximum absolute atomic E-state index is 11.0. The molecule has 0 bridgehead atoms. The Morgan fingerprint density at radius 1 is 1.07 bits per heavy atom. The molecule has 0 aliphatic rings. The first-order chi connectivity index (χ1) is 14.6. The molecule has 0 aliphatic carbocycles. The van der Waals surface area contributed by atoms with E-state index < -0.39 is 0 Å². The molecule has 3 rings (SSSR count). The lowest BCUT2D eigenvalue weighted by Crippen LogP contribution is -2.17. The molecule has 0 saturated carbocycles. The summed E-state index contributed by atoms with van der Waals surface area (Å²) in [6, 6.07) is 13.7. The molecule has 0 unspecified atom stereocenters. The predicted octanol–water partition coefficient (Wildman–Crippen LogP) is 3.88. The molecule has 30 heavy (non-hydrogen) atoms. The van der Waals surface area contributed by atoms with Crippen molar-refractivity contribution in [2.75, 3.05) is 17.2 Å². The summed E-state index contributed by atoms with van der Waals surface area (Å²) in [6.07, 6.45) is 2.79. The van der Waals surface area contributed by atoms with Crippen molar-refractivity contribution in [1.82, 2.24) is 25.6 Å². The fourth-order valence-electron chi connectivity index (χ4n) is 2.69. The van der Waals surface area contributed by atoms with Gasteiger partial charge < -0.3 is 10.6 Å².